The van der Waals surface area contributed by atoms with Crippen molar-refractivity contribution in [3.05, 3.63) is 0 Å². The highest BCUT2D eigenvalue weighted by Gasteiger charge is 2.18. The van der Waals surface area contributed by atoms with Gasteiger partial charge in [-0.2, -0.15) is 0 Å². The molecule has 0 bridgehead atoms. The molecular formula is C10H24N2O2. The molecule has 0 aliphatic rings. The van der Waals surface area contributed by atoms with Gasteiger partial charge in [-0.25, -0.2) is 0 Å². The molecule has 0 saturated heterocycles. The SMILES string of the molecule is CCN(CCOC)CCC(C)(O)CN. The molecule has 0 rings (SSSR count). The van der Waals surface area contributed by atoms with Crippen LogP contribution in [0.1, 0.15) is 20.3 Å². The van der Waals surface area contributed by atoms with Crippen molar-refractivity contribution in [2.24, 2.45) is 5.73 Å². The molecule has 0 aromatic carbocycles. The van der Waals surface area contributed by atoms with Crippen molar-refractivity contribution in [3.63, 3.8) is 0 Å². The lowest BCUT2D eigenvalue weighted by Crippen LogP contribution is -2.39. The monoisotopic (exact) mass is 204 g/mol. The maximum Gasteiger partial charge on any atom is 0.0753 e. The summed E-state index contributed by atoms with van der Waals surface area (Å²) in [7, 11) is 1.70. The number of nitrogens with zero attached hydrogens (tertiary/aromatic N) is 1. The van der Waals surface area contributed by atoms with Gasteiger partial charge in [-0.15, -0.1) is 0 Å². The Morgan fingerprint density at radius 2 is 2.07 bits per heavy atom. The van der Waals surface area contributed by atoms with Crippen LogP contribution < -0.4 is 5.73 Å². The normalized spacial score (nSPS) is 15.9. The van der Waals surface area contributed by atoms with Crippen molar-refractivity contribution in [1.29, 1.82) is 0 Å². The molecule has 0 aromatic heterocycles. The van der Waals surface area contributed by atoms with Gasteiger partial charge in [-0.3, -0.25) is 0 Å². The van der Waals surface area contributed by atoms with E-state index in [1.165, 1.54) is 0 Å². The number of aliphatic hydroxyl groups is 1. The Labute approximate surface area is 87.0 Å². The summed E-state index contributed by atoms with van der Waals surface area (Å²) in [6.45, 7) is 7.68. The van der Waals surface area contributed by atoms with Crippen LogP contribution in [0.4, 0.5) is 0 Å². The Bertz CT molecular complexity index is 140. The molecule has 4 nitrogen and oxygen atoms in total. The number of ether oxygens (including phenoxy) is 1. The van der Waals surface area contributed by atoms with Gasteiger partial charge in [0.1, 0.15) is 0 Å². The number of nitrogens with two attached hydrogens (primary N) is 1. The summed E-state index contributed by atoms with van der Waals surface area (Å²) >= 11 is 0. The molecule has 0 aliphatic carbocycles. The third-order valence-corrected chi connectivity index (χ3v) is 2.47. The molecule has 1 atom stereocenters. The zero-order chi connectivity index (χ0) is 11.0. The molecule has 3 N–H and O–H groups in total. The predicted octanol–water partition coefficient (Wildman–Crippen LogP) is 0.0545. The van der Waals surface area contributed by atoms with Gasteiger partial charge in [-0.05, 0) is 19.9 Å². The average molecular weight is 204 g/mol. The summed E-state index contributed by atoms with van der Waals surface area (Å²) < 4.78 is 5.00. The maximum absolute atomic E-state index is 9.71. The first kappa shape index (κ1) is 13.8. The molecule has 4 heteroatoms. The van der Waals surface area contributed by atoms with E-state index in [0.29, 0.717) is 13.0 Å². The van der Waals surface area contributed by atoms with Crippen LogP contribution in [0.2, 0.25) is 0 Å². The molecule has 1 unspecified atom stereocenters. The van der Waals surface area contributed by atoms with Gasteiger partial charge < -0.3 is 20.5 Å². The highest BCUT2D eigenvalue weighted by atomic mass is 16.5. The topological polar surface area (TPSA) is 58.7 Å². The smallest absolute Gasteiger partial charge is 0.0753 e. The van der Waals surface area contributed by atoms with Crippen LogP contribution in [-0.2, 0) is 4.74 Å². The van der Waals surface area contributed by atoms with Crippen molar-refractivity contribution in [2.75, 3.05) is 39.9 Å². The summed E-state index contributed by atoms with van der Waals surface area (Å²) in [6, 6.07) is 0. The molecule has 0 heterocycles. The van der Waals surface area contributed by atoms with E-state index in [4.69, 9.17) is 10.5 Å². The minimum atomic E-state index is -0.736. The third kappa shape index (κ3) is 6.32. The zero-order valence-corrected chi connectivity index (χ0v) is 9.62. The average Bonchev–Trinajstić information content (AvgIpc) is 2.18. The van der Waals surface area contributed by atoms with Gasteiger partial charge in [0.25, 0.3) is 0 Å². The van der Waals surface area contributed by atoms with Gasteiger partial charge in [0, 0.05) is 26.7 Å². The predicted molar refractivity (Wildman–Crippen MR) is 58.3 cm³/mol. The van der Waals surface area contributed by atoms with E-state index in [-0.39, 0.29) is 0 Å². The first-order valence-electron chi connectivity index (χ1n) is 5.19. The van der Waals surface area contributed by atoms with Crippen molar-refractivity contribution < 1.29 is 9.84 Å². The van der Waals surface area contributed by atoms with Crippen LogP contribution >= 0.6 is 0 Å². The lowest BCUT2D eigenvalue weighted by molar-refractivity contribution is 0.0447. The second kappa shape index (κ2) is 7.17. The van der Waals surface area contributed by atoms with Crippen molar-refractivity contribution in [3.8, 4) is 0 Å². The second-order valence-electron chi connectivity index (χ2n) is 3.88. The number of methoxy groups -OCH3 is 1. The van der Waals surface area contributed by atoms with Gasteiger partial charge in [-0.1, -0.05) is 6.92 Å². The van der Waals surface area contributed by atoms with E-state index in [1.807, 2.05) is 0 Å². The van der Waals surface area contributed by atoms with E-state index in [1.54, 1.807) is 14.0 Å². The summed E-state index contributed by atoms with van der Waals surface area (Å²) in [5, 5.41) is 9.71. The van der Waals surface area contributed by atoms with Gasteiger partial charge >= 0.3 is 0 Å². The quantitative estimate of drug-likeness (QED) is 0.587. The summed E-state index contributed by atoms with van der Waals surface area (Å²) in [6.07, 6.45) is 0.709. The number of hydrogen-bond donors (Lipinski definition) is 2. The minimum Gasteiger partial charge on any atom is -0.389 e. The summed E-state index contributed by atoms with van der Waals surface area (Å²) in [5.41, 5.74) is 4.71. The molecule has 0 aliphatic heterocycles. The standard InChI is InChI=1S/C10H24N2O2/c1-4-12(7-8-14-3)6-5-10(2,13)9-11/h13H,4-9,11H2,1-3H3. The molecule has 0 amide bonds. The van der Waals surface area contributed by atoms with Crippen LogP contribution in [0.15, 0.2) is 0 Å². The lowest BCUT2D eigenvalue weighted by atomic mass is 10.0. The Morgan fingerprint density at radius 1 is 1.43 bits per heavy atom. The molecule has 0 saturated carbocycles. The first-order valence-corrected chi connectivity index (χ1v) is 5.19. The first-order chi connectivity index (χ1) is 6.55. The lowest BCUT2D eigenvalue weighted by Gasteiger charge is -2.26. The van der Waals surface area contributed by atoms with Gasteiger partial charge in [0.2, 0.25) is 0 Å². The minimum absolute atomic E-state index is 0.314. The number of likely N-dealkylation sites (N-methyl/N-ethyl adjacent to an activating group) is 1. The maximum atomic E-state index is 9.71. The van der Waals surface area contributed by atoms with Crippen LogP contribution in [0, 0.1) is 0 Å². The number of rotatable bonds is 8. The van der Waals surface area contributed by atoms with Gasteiger partial charge in [0.15, 0.2) is 0 Å². The van der Waals surface area contributed by atoms with Crippen molar-refractivity contribution >= 4 is 0 Å². The second-order valence-corrected chi connectivity index (χ2v) is 3.88. The van der Waals surface area contributed by atoms with E-state index < -0.39 is 5.60 Å². The van der Waals surface area contributed by atoms with Crippen LogP contribution in [0.3, 0.4) is 0 Å². The fraction of sp³-hybridized carbons (Fsp3) is 1.00. The number of hydrogen-bond acceptors (Lipinski definition) is 4. The fourth-order valence-corrected chi connectivity index (χ4v) is 1.15. The van der Waals surface area contributed by atoms with Crippen LogP contribution in [0.25, 0.3) is 0 Å². The zero-order valence-electron chi connectivity index (χ0n) is 9.62. The van der Waals surface area contributed by atoms with E-state index in [0.717, 1.165) is 26.2 Å². The summed E-state index contributed by atoms with van der Waals surface area (Å²) in [4.78, 5) is 2.24. The van der Waals surface area contributed by atoms with E-state index >= 15 is 0 Å². The highest BCUT2D eigenvalue weighted by Crippen LogP contribution is 2.07. The van der Waals surface area contributed by atoms with Crippen molar-refractivity contribution in [1.82, 2.24) is 4.90 Å². The van der Waals surface area contributed by atoms with Crippen LogP contribution in [-0.4, -0.2) is 55.5 Å². The summed E-state index contributed by atoms with van der Waals surface area (Å²) in [5.74, 6) is 0. The highest BCUT2D eigenvalue weighted by molar-refractivity contribution is 4.74. The molecule has 14 heavy (non-hydrogen) atoms. The Kier molecular flexibility index (Phi) is 7.09. The Balaban J connectivity index is 3.71. The largest absolute Gasteiger partial charge is 0.389 e. The Hall–Kier alpha value is -0.160. The Morgan fingerprint density at radius 3 is 2.50 bits per heavy atom. The molecular weight excluding hydrogens is 180 g/mol. The van der Waals surface area contributed by atoms with Crippen LogP contribution in [0.5, 0.6) is 0 Å². The fourth-order valence-electron chi connectivity index (χ4n) is 1.15. The molecule has 0 spiro atoms. The molecule has 0 aromatic rings. The van der Waals surface area contributed by atoms with Gasteiger partial charge in [0.05, 0.1) is 12.2 Å². The van der Waals surface area contributed by atoms with E-state index in [9.17, 15) is 5.11 Å². The molecule has 0 radical (unpaired) electrons. The molecule has 0 fully saturated rings. The van der Waals surface area contributed by atoms with Crippen molar-refractivity contribution in [2.45, 2.75) is 25.9 Å². The third-order valence-electron chi connectivity index (χ3n) is 2.47. The molecule has 86 valence electrons. The van der Waals surface area contributed by atoms with E-state index in [2.05, 4.69) is 11.8 Å².